The highest BCUT2D eigenvalue weighted by atomic mass is 16.7. The lowest BCUT2D eigenvalue weighted by Crippen LogP contribution is -2.27. The number of aromatic nitrogens is 2. The van der Waals surface area contributed by atoms with Crippen molar-refractivity contribution in [3.63, 3.8) is 0 Å². The monoisotopic (exact) mass is 342 g/mol. The summed E-state index contributed by atoms with van der Waals surface area (Å²) in [6.45, 7) is 1.47. The van der Waals surface area contributed by atoms with Gasteiger partial charge in [0.25, 0.3) is 5.91 Å². The lowest BCUT2D eigenvalue weighted by Gasteiger charge is -2.10. The zero-order chi connectivity index (χ0) is 17.1. The van der Waals surface area contributed by atoms with Gasteiger partial charge in [0.05, 0.1) is 0 Å². The first kappa shape index (κ1) is 15.6. The van der Waals surface area contributed by atoms with Gasteiger partial charge in [-0.2, -0.15) is 0 Å². The molecular weight excluding hydrogens is 324 g/mol. The van der Waals surface area contributed by atoms with E-state index >= 15 is 0 Å². The minimum absolute atomic E-state index is 0.173. The van der Waals surface area contributed by atoms with Crippen LogP contribution < -0.4 is 20.1 Å². The quantitative estimate of drug-likeness (QED) is 0.857. The second-order valence-corrected chi connectivity index (χ2v) is 5.84. The van der Waals surface area contributed by atoms with Gasteiger partial charge in [-0.3, -0.25) is 4.79 Å². The second kappa shape index (κ2) is 6.94. The van der Waals surface area contributed by atoms with Crippen molar-refractivity contribution in [2.24, 2.45) is 0 Å². The molecule has 1 unspecified atom stereocenters. The SMILES string of the molecule is O=C(Nc1ccc(NCc2ccc3c(c2)OCO3)nn1)C1CCCO1. The van der Waals surface area contributed by atoms with Gasteiger partial charge in [0.2, 0.25) is 6.79 Å². The molecule has 1 amide bonds. The Morgan fingerprint density at radius 2 is 1.96 bits per heavy atom. The van der Waals surface area contributed by atoms with E-state index in [0.29, 0.717) is 24.8 Å². The fourth-order valence-electron chi connectivity index (χ4n) is 2.73. The van der Waals surface area contributed by atoms with Gasteiger partial charge in [0.15, 0.2) is 17.3 Å². The molecule has 1 saturated heterocycles. The minimum atomic E-state index is -0.384. The van der Waals surface area contributed by atoms with Gasteiger partial charge in [-0.25, -0.2) is 0 Å². The summed E-state index contributed by atoms with van der Waals surface area (Å²) >= 11 is 0. The molecule has 25 heavy (non-hydrogen) atoms. The molecule has 2 aliphatic heterocycles. The smallest absolute Gasteiger partial charge is 0.254 e. The fourth-order valence-corrected chi connectivity index (χ4v) is 2.73. The summed E-state index contributed by atoms with van der Waals surface area (Å²) < 4.78 is 16.0. The number of ether oxygens (including phenoxy) is 3. The highest BCUT2D eigenvalue weighted by molar-refractivity contribution is 5.93. The predicted octanol–water partition coefficient (Wildman–Crippen LogP) is 1.93. The molecule has 0 saturated carbocycles. The van der Waals surface area contributed by atoms with E-state index in [9.17, 15) is 4.79 Å². The molecule has 8 heteroatoms. The lowest BCUT2D eigenvalue weighted by atomic mass is 10.2. The highest BCUT2D eigenvalue weighted by Gasteiger charge is 2.23. The largest absolute Gasteiger partial charge is 0.454 e. The molecule has 0 spiro atoms. The number of rotatable bonds is 5. The van der Waals surface area contributed by atoms with Gasteiger partial charge in [-0.15, -0.1) is 10.2 Å². The molecule has 3 heterocycles. The van der Waals surface area contributed by atoms with Crippen molar-refractivity contribution in [3.8, 4) is 11.5 Å². The van der Waals surface area contributed by atoms with Crippen molar-refractivity contribution in [3.05, 3.63) is 35.9 Å². The van der Waals surface area contributed by atoms with Crippen LogP contribution in [0.15, 0.2) is 30.3 Å². The summed E-state index contributed by atoms with van der Waals surface area (Å²) in [5.41, 5.74) is 1.04. The molecular formula is C17H18N4O4. The molecule has 1 aromatic heterocycles. The van der Waals surface area contributed by atoms with Crippen molar-refractivity contribution < 1.29 is 19.0 Å². The van der Waals surface area contributed by atoms with Crippen LogP contribution in [0.4, 0.5) is 11.6 Å². The number of carbonyl (C=O) groups excluding carboxylic acids is 1. The zero-order valence-corrected chi connectivity index (χ0v) is 13.5. The van der Waals surface area contributed by atoms with Crippen LogP contribution in [0.3, 0.4) is 0 Å². The van der Waals surface area contributed by atoms with Gasteiger partial charge >= 0.3 is 0 Å². The van der Waals surface area contributed by atoms with Crippen LogP contribution in [-0.4, -0.2) is 35.6 Å². The topological polar surface area (TPSA) is 94.6 Å². The van der Waals surface area contributed by atoms with Crippen LogP contribution in [0.5, 0.6) is 11.5 Å². The first-order valence-electron chi connectivity index (χ1n) is 8.16. The van der Waals surface area contributed by atoms with Crippen LogP contribution in [-0.2, 0) is 16.1 Å². The minimum Gasteiger partial charge on any atom is -0.454 e. The molecule has 130 valence electrons. The third-order valence-electron chi connectivity index (χ3n) is 4.05. The van der Waals surface area contributed by atoms with E-state index in [1.165, 1.54) is 0 Å². The first-order chi connectivity index (χ1) is 12.3. The maximum Gasteiger partial charge on any atom is 0.254 e. The summed E-state index contributed by atoms with van der Waals surface area (Å²) in [6.07, 6.45) is 1.27. The summed E-state index contributed by atoms with van der Waals surface area (Å²) in [6, 6.07) is 9.25. The van der Waals surface area contributed by atoms with E-state index in [-0.39, 0.29) is 18.8 Å². The predicted molar refractivity (Wildman–Crippen MR) is 89.5 cm³/mol. The maximum absolute atomic E-state index is 12.0. The van der Waals surface area contributed by atoms with Crippen molar-refractivity contribution in [2.75, 3.05) is 24.0 Å². The fraction of sp³-hybridized carbons (Fsp3) is 0.353. The number of hydrogen-bond donors (Lipinski definition) is 2. The van der Waals surface area contributed by atoms with E-state index in [4.69, 9.17) is 14.2 Å². The Hall–Kier alpha value is -2.87. The summed E-state index contributed by atoms with van der Waals surface area (Å²) in [7, 11) is 0. The number of hydrogen-bond acceptors (Lipinski definition) is 7. The lowest BCUT2D eigenvalue weighted by molar-refractivity contribution is -0.124. The molecule has 1 atom stereocenters. The average molecular weight is 342 g/mol. The van der Waals surface area contributed by atoms with Crippen LogP contribution in [0.1, 0.15) is 18.4 Å². The van der Waals surface area contributed by atoms with E-state index < -0.39 is 0 Å². The summed E-state index contributed by atoms with van der Waals surface area (Å²) in [5, 5.41) is 14.0. The average Bonchev–Trinajstić information content (AvgIpc) is 3.32. The Balaban J connectivity index is 1.32. The zero-order valence-electron chi connectivity index (χ0n) is 13.5. The van der Waals surface area contributed by atoms with Crippen LogP contribution in [0.25, 0.3) is 0 Å². The van der Waals surface area contributed by atoms with Gasteiger partial charge < -0.3 is 24.8 Å². The Bertz CT molecular complexity index is 760. The number of nitrogens with one attached hydrogen (secondary N) is 2. The number of nitrogens with zero attached hydrogens (tertiary/aromatic N) is 2. The molecule has 0 aliphatic carbocycles. The van der Waals surface area contributed by atoms with E-state index in [0.717, 1.165) is 29.9 Å². The van der Waals surface area contributed by atoms with E-state index in [2.05, 4.69) is 20.8 Å². The summed E-state index contributed by atoms with van der Waals surface area (Å²) in [4.78, 5) is 12.0. The molecule has 2 N–H and O–H groups in total. The number of fused-ring (bicyclic) bond motifs is 1. The Morgan fingerprint density at radius 3 is 2.76 bits per heavy atom. The molecule has 0 bridgehead atoms. The Kier molecular flexibility index (Phi) is 4.34. The van der Waals surface area contributed by atoms with Crippen molar-refractivity contribution >= 4 is 17.5 Å². The van der Waals surface area contributed by atoms with Crippen molar-refractivity contribution in [1.82, 2.24) is 10.2 Å². The number of carbonyl (C=O) groups is 1. The van der Waals surface area contributed by atoms with Crippen LogP contribution in [0.2, 0.25) is 0 Å². The van der Waals surface area contributed by atoms with Crippen LogP contribution >= 0.6 is 0 Å². The third kappa shape index (κ3) is 3.63. The van der Waals surface area contributed by atoms with Crippen molar-refractivity contribution in [2.45, 2.75) is 25.5 Å². The molecule has 2 aromatic rings. The van der Waals surface area contributed by atoms with E-state index in [1.54, 1.807) is 12.1 Å². The number of benzene rings is 1. The van der Waals surface area contributed by atoms with Gasteiger partial charge in [0, 0.05) is 13.2 Å². The van der Waals surface area contributed by atoms with Crippen LogP contribution in [0, 0.1) is 0 Å². The Labute approximate surface area is 144 Å². The number of anilines is 2. The Morgan fingerprint density at radius 1 is 1.12 bits per heavy atom. The first-order valence-corrected chi connectivity index (χ1v) is 8.16. The van der Waals surface area contributed by atoms with Crippen molar-refractivity contribution in [1.29, 1.82) is 0 Å². The van der Waals surface area contributed by atoms with Gasteiger partial charge in [-0.1, -0.05) is 6.07 Å². The molecule has 2 aliphatic rings. The molecule has 4 rings (SSSR count). The van der Waals surface area contributed by atoms with Gasteiger partial charge in [0.1, 0.15) is 11.9 Å². The normalized spacial score (nSPS) is 18.2. The van der Waals surface area contributed by atoms with E-state index in [1.807, 2.05) is 18.2 Å². The maximum atomic E-state index is 12.0. The molecule has 8 nitrogen and oxygen atoms in total. The van der Waals surface area contributed by atoms with Gasteiger partial charge in [-0.05, 0) is 42.7 Å². The second-order valence-electron chi connectivity index (χ2n) is 5.84. The molecule has 1 fully saturated rings. The third-order valence-corrected chi connectivity index (χ3v) is 4.05. The molecule has 0 radical (unpaired) electrons. The highest BCUT2D eigenvalue weighted by Crippen LogP contribution is 2.32. The summed E-state index contributed by atoms with van der Waals surface area (Å²) in [5.74, 6) is 2.36. The number of amides is 1. The molecule has 1 aromatic carbocycles. The standard InChI is InChI=1S/C17H18N4O4/c22-17(13-2-1-7-23-13)19-16-6-5-15(20-21-16)18-9-11-3-4-12-14(8-11)25-10-24-12/h3-6,8,13H,1-2,7,9-10H2,(H,18,20)(H,19,21,22).